The lowest BCUT2D eigenvalue weighted by atomic mass is 9.76. The molecule has 2 atom stereocenters. The Bertz CT molecular complexity index is 444. The minimum Gasteiger partial charge on any atom is -0.341 e. The average Bonchev–Trinajstić information content (AvgIpc) is 2.30. The molecule has 0 spiro atoms. The summed E-state index contributed by atoms with van der Waals surface area (Å²) in [4.78, 5) is 14.3. The van der Waals surface area contributed by atoms with Crippen molar-refractivity contribution in [1.82, 2.24) is 4.90 Å². The Kier molecular flexibility index (Phi) is 2.63. The number of nitrogens with two attached hydrogens (primary N) is 1. The second-order valence-electron chi connectivity index (χ2n) is 5.14. The number of benzene rings is 1. The Morgan fingerprint density at radius 2 is 2.18 bits per heavy atom. The van der Waals surface area contributed by atoms with Crippen molar-refractivity contribution in [3.05, 3.63) is 35.4 Å². The lowest BCUT2D eigenvalue weighted by Gasteiger charge is -2.37. The number of nitrogens with zero attached hydrogens (tertiary/aromatic N) is 1. The number of hydrogen-bond acceptors (Lipinski definition) is 2. The second-order valence-corrected chi connectivity index (χ2v) is 5.14. The summed E-state index contributed by atoms with van der Waals surface area (Å²) in [6.45, 7) is 1.61. The Labute approximate surface area is 102 Å². The molecule has 1 unspecified atom stereocenters. The van der Waals surface area contributed by atoms with Crippen molar-refractivity contribution < 1.29 is 4.79 Å². The number of likely N-dealkylation sites (tertiary alicyclic amines) is 1. The highest BCUT2D eigenvalue weighted by Crippen LogP contribution is 2.36. The van der Waals surface area contributed by atoms with Crippen LogP contribution < -0.4 is 5.73 Å². The van der Waals surface area contributed by atoms with Crippen LogP contribution in [0.5, 0.6) is 0 Å². The molecule has 1 aliphatic carbocycles. The summed E-state index contributed by atoms with van der Waals surface area (Å²) < 4.78 is 0. The Balaban J connectivity index is 1.72. The molecule has 1 saturated heterocycles. The molecule has 3 heteroatoms. The molecule has 1 aromatic carbocycles. The zero-order chi connectivity index (χ0) is 11.8. The molecule has 1 aromatic rings. The molecule has 17 heavy (non-hydrogen) atoms. The molecule has 3 nitrogen and oxygen atoms in total. The molecule has 2 N–H and O–H groups in total. The van der Waals surface area contributed by atoms with Crippen molar-refractivity contribution in [1.29, 1.82) is 0 Å². The van der Waals surface area contributed by atoms with Crippen molar-refractivity contribution in [2.24, 2.45) is 5.73 Å². The fourth-order valence-electron chi connectivity index (χ4n) is 2.91. The summed E-state index contributed by atoms with van der Waals surface area (Å²) in [6, 6.07) is 8.41. The first-order chi connectivity index (χ1) is 8.25. The van der Waals surface area contributed by atoms with E-state index in [1.165, 1.54) is 11.1 Å². The molecule has 0 radical (unpaired) electrons. The van der Waals surface area contributed by atoms with Crippen LogP contribution in [-0.2, 0) is 11.2 Å². The van der Waals surface area contributed by atoms with Gasteiger partial charge < -0.3 is 10.6 Å². The third-order valence-corrected chi connectivity index (χ3v) is 3.92. The van der Waals surface area contributed by atoms with Crippen LogP contribution in [-0.4, -0.2) is 29.9 Å². The molecule has 0 bridgehead atoms. The van der Waals surface area contributed by atoms with E-state index in [1.807, 2.05) is 17.0 Å². The number of hydrogen-bond donors (Lipinski definition) is 1. The molecule has 0 saturated carbocycles. The van der Waals surface area contributed by atoms with Crippen LogP contribution in [0.15, 0.2) is 24.3 Å². The molecular formula is C14H18N2O. The first-order valence-electron chi connectivity index (χ1n) is 6.38. The Hall–Kier alpha value is -1.35. The quantitative estimate of drug-likeness (QED) is 0.790. The van der Waals surface area contributed by atoms with Gasteiger partial charge >= 0.3 is 0 Å². The van der Waals surface area contributed by atoms with Crippen molar-refractivity contribution in [2.75, 3.05) is 13.1 Å². The molecule has 1 amide bonds. The zero-order valence-corrected chi connectivity index (χ0v) is 9.93. The number of carbonyl (C=O) groups is 1. The lowest BCUT2D eigenvalue weighted by molar-refractivity contribution is -0.134. The summed E-state index contributed by atoms with van der Waals surface area (Å²) in [7, 11) is 0. The monoisotopic (exact) mass is 230 g/mol. The fraction of sp³-hybridized carbons (Fsp3) is 0.500. The van der Waals surface area contributed by atoms with Gasteiger partial charge in [-0.05, 0) is 30.4 Å². The van der Waals surface area contributed by atoms with Gasteiger partial charge in [-0.25, -0.2) is 0 Å². The van der Waals surface area contributed by atoms with Crippen LogP contribution in [0.4, 0.5) is 0 Å². The second kappa shape index (κ2) is 4.15. The molecule has 1 heterocycles. The van der Waals surface area contributed by atoms with E-state index in [-0.39, 0.29) is 17.9 Å². The van der Waals surface area contributed by atoms with Crippen LogP contribution in [0.3, 0.4) is 0 Å². The SMILES string of the molecule is N[C@@H]1CCCN(C(=O)C2Cc3ccccc32)C1. The molecule has 1 aliphatic heterocycles. The number of amides is 1. The van der Waals surface area contributed by atoms with Gasteiger partial charge in [0.05, 0.1) is 5.92 Å². The van der Waals surface area contributed by atoms with Gasteiger partial charge in [0.25, 0.3) is 0 Å². The van der Waals surface area contributed by atoms with Crippen LogP contribution in [0.25, 0.3) is 0 Å². The van der Waals surface area contributed by atoms with Gasteiger partial charge in [0.15, 0.2) is 0 Å². The first kappa shape index (κ1) is 10.8. The molecule has 90 valence electrons. The molecular weight excluding hydrogens is 212 g/mol. The number of piperidine rings is 1. The van der Waals surface area contributed by atoms with E-state index in [2.05, 4.69) is 12.1 Å². The fourth-order valence-corrected chi connectivity index (χ4v) is 2.91. The van der Waals surface area contributed by atoms with E-state index < -0.39 is 0 Å². The molecule has 2 aliphatic rings. The molecule has 3 rings (SSSR count). The lowest BCUT2D eigenvalue weighted by Crippen LogP contribution is -2.48. The summed E-state index contributed by atoms with van der Waals surface area (Å²) in [6.07, 6.45) is 2.99. The predicted molar refractivity (Wildman–Crippen MR) is 66.7 cm³/mol. The third-order valence-electron chi connectivity index (χ3n) is 3.92. The molecule has 0 aromatic heterocycles. The number of fused-ring (bicyclic) bond motifs is 1. The molecule has 1 fully saturated rings. The smallest absolute Gasteiger partial charge is 0.230 e. The summed E-state index contributed by atoms with van der Waals surface area (Å²) in [5.74, 6) is 0.371. The van der Waals surface area contributed by atoms with E-state index >= 15 is 0 Å². The van der Waals surface area contributed by atoms with Gasteiger partial charge in [0.1, 0.15) is 0 Å². The van der Waals surface area contributed by atoms with Crippen LogP contribution in [0, 0.1) is 0 Å². The standard InChI is InChI=1S/C14H18N2O/c15-11-5-3-7-16(9-11)14(17)13-8-10-4-1-2-6-12(10)13/h1-2,4,6,11,13H,3,5,7-9,15H2/t11-,13?/m1/s1. The van der Waals surface area contributed by atoms with Gasteiger partial charge in [-0.3, -0.25) is 4.79 Å². The third kappa shape index (κ3) is 1.84. The van der Waals surface area contributed by atoms with Gasteiger partial charge in [-0.15, -0.1) is 0 Å². The maximum absolute atomic E-state index is 12.4. The topological polar surface area (TPSA) is 46.3 Å². The van der Waals surface area contributed by atoms with Gasteiger partial charge in [0.2, 0.25) is 5.91 Å². The van der Waals surface area contributed by atoms with Crippen molar-refractivity contribution in [3.63, 3.8) is 0 Å². The highest BCUT2D eigenvalue weighted by Gasteiger charge is 2.35. The maximum Gasteiger partial charge on any atom is 0.230 e. The van der Waals surface area contributed by atoms with E-state index in [4.69, 9.17) is 5.73 Å². The number of rotatable bonds is 1. The van der Waals surface area contributed by atoms with E-state index in [1.54, 1.807) is 0 Å². The number of carbonyl (C=O) groups excluding carboxylic acids is 1. The zero-order valence-electron chi connectivity index (χ0n) is 9.93. The summed E-state index contributed by atoms with van der Waals surface area (Å²) in [5, 5.41) is 0. The highest BCUT2D eigenvalue weighted by atomic mass is 16.2. The van der Waals surface area contributed by atoms with E-state index in [0.29, 0.717) is 0 Å². The maximum atomic E-state index is 12.4. The minimum absolute atomic E-state index is 0.0940. The van der Waals surface area contributed by atoms with Crippen LogP contribution in [0.2, 0.25) is 0 Å². The Morgan fingerprint density at radius 3 is 2.94 bits per heavy atom. The minimum atomic E-state index is 0.0940. The van der Waals surface area contributed by atoms with Crippen molar-refractivity contribution in [2.45, 2.75) is 31.2 Å². The predicted octanol–water partition coefficient (Wildman–Crippen LogP) is 1.28. The normalized spacial score (nSPS) is 27.2. The van der Waals surface area contributed by atoms with Crippen molar-refractivity contribution >= 4 is 5.91 Å². The summed E-state index contributed by atoms with van der Waals surface area (Å²) >= 11 is 0. The van der Waals surface area contributed by atoms with Gasteiger partial charge in [-0.1, -0.05) is 24.3 Å². The summed E-state index contributed by atoms with van der Waals surface area (Å²) in [5.41, 5.74) is 8.47. The Morgan fingerprint density at radius 1 is 1.35 bits per heavy atom. The van der Waals surface area contributed by atoms with Crippen LogP contribution >= 0.6 is 0 Å². The van der Waals surface area contributed by atoms with Crippen molar-refractivity contribution in [3.8, 4) is 0 Å². The van der Waals surface area contributed by atoms with Gasteiger partial charge in [-0.2, -0.15) is 0 Å². The average molecular weight is 230 g/mol. The highest BCUT2D eigenvalue weighted by molar-refractivity contribution is 5.87. The first-order valence-corrected chi connectivity index (χ1v) is 6.38. The van der Waals surface area contributed by atoms with Crippen LogP contribution in [0.1, 0.15) is 29.9 Å². The van der Waals surface area contributed by atoms with E-state index in [9.17, 15) is 4.79 Å². The largest absolute Gasteiger partial charge is 0.341 e. The van der Waals surface area contributed by atoms with E-state index in [0.717, 1.165) is 32.4 Å². The van der Waals surface area contributed by atoms with Gasteiger partial charge in [0, 0.05) is 19.1 Å².